The van der Waals surface area contributed by atoms with Crippen LogP contribution < -0.4 is 5.32 Å². The van der Waals surface area contributed by atoms with Crippen LogP contribution in [0, 0.1) is 0 Å². The maximum Gasteiger partial charge on any atom is 0.240 e. The fourth-order valence-electron chi connectivity index (χ4n) is 2.94. The first-order chi connectivity index (χ1) is 12.7. The molecule has 1 unspecified atom stereocenters. The quantitative estimate of drug-likeness (QED) is 0.683. The van der Waals surface area contributed by atoms with Gasteiger partial charge in [-0.2, -0.15) is 0 Å². The van der Waals surface area contributed by atoms with Crippen LogP contribution in [0.5, 0.6) is 0 Å². The van der Waals surface area contributed by atoms with Crippen molar-refractivity contribution in [1.82, 2.24) is 14.9 Å². The number of rotatable bonds is 6. The first-order valence-corrected chi connectivity index (χ1v) is 10.8. The molecule has 0 saturated heterocycles. The van der Waals surface area contributed by atoms with Crippen molar-refractivity contribution >= 4 is 38.4 Å². The summed E-state index contributed by atoms with van der Waals surface area (Å²) in [5.41, 5.74) is 2.27. The SMILES string of the molecule is CC(NC(=O)Cn1c(CS(C)(=O)=O)nc2ccccc21)c1cccc(Cl)c1. The van der Waals surface area contributed by atoms with E-state index in [9.17, 15) is 13.2 Å². The van der Waals surface area contributed by atoms with E-state index in [0.717, 1.165) is 17.3 Å². The highest BCUT2D eigenvalue weighted by Gasteiger charge is 2.18. The summed E-state index contributed by atoms with van der Waals surface area (Å²) in [6.45, 7) is 1.85. The van der Waals surface area contributed by atoms with Crippen molar-refractivity contribution in [3.63, 3.8) is 0 Å². The van der Waals surface area contributed by atoms with Crippen molar-refractivity contribution in [3.05, 3.63) is 64.9 Å². The zero-order valence-electron chi connectivity index (χ0n) is 15.0. The molecule has 0 aliphatic carbocycles. The second-order valence-electron chi connectivity index (χ2n) is 6.52. The van der Waals surface area contributed by atoms with Gasteiger partial charge in [0.2, 0.25) is 5.91 Å². The number of hydrogen-bond acceptors (Lipinski definition) is 4. The highest BCUT2D eigenvalue weighted by molar-refractivity contribution is 7.89. The Kier molecular flexibility index (Phi) is 5.53. The number of imidazole rings is 1. The van der Waals surface area contributed by atoms with Gasteiger partial charge < -0.3 is 9.88 Å². The second-order valence-corrected chi connectivity index (χ2v) is 9.09. The Morgan fingerprint density at radius 3 is 2.67 bits per heavy atom. The van der Waals surface area contributed by atoms with Crippen LogP contribution in [0.2, 0.25) is 5.02 Å². The molecule has 3 aromatic rings. The zero-order chi connectivity index (χ0) is 19.6. The van der Waals surface area contributed by atoms with Crippen LogP contribution >= 0.6 is 11.6 Å². The lowest BCUT2D eigenvalue weighted by molar-refractivity contribution is -0.122. The third-order valence-electron chi connectivity index (χ3n) is 4.15. The largest absolute Gasteiger partial charge is 0.348 e. The molecule has 2 aromatic carbocycles. The van der Waals surface area contributed by atoms with Gasteiger partial charge in [-0.25, -0.2) is 13.4 Å². The van der Waals surface area contributed by atoms with E-state index < -0.39 is 9.84 Å². The molecule has 0 spiro atoms. The average Bonchev–Trinajstić information content (AvgIpc) is 2.90. The summed E-state index contributed by atoms with van der Waals surface area (Å²) in [5.74, 6) is -0.108. The van der Waals surface area contributed by atoms with Crippen molar-refractivity contribution in [3.8, 4) is 0 Å². The molecule has 1 heterocycles. The molecule has 0 fully saturated rings. The Labute approximate surface area is 163 Å². The van der Waals surface area contributed by atoms with E-state index in [1.807, 2.05) is 37.3 Å². The lowest BCUT2D eigenvalue weighted by Gasteiger charge is -2.16. The van der Waals surface area contributed by atoms with Crippen LogP contribution in [0.25, 0.3) is 11.0 Å². The van der Waals surface area contributed by atoms with Gasteiger partial charge in [-0.1, -0.05) is 35.9 Å². The smallest absolute Gasteiger partial charge is 0.240 e. The maximum atomic E-state index is 12.6. The minimum atomic E-state index is -3.28. The van der Waals surface area contributed by atoms with E-state index >= 15 is 0 Å². The molecule has 27 heavy (non-hydrogen) atoms. The van der Waals surface area contributed by atoms with Gasteiger partial charge in [0.1, 0.15) is 18.1 Å². The van der Waals surface area contributed by atoms with Crippen molar-refractivity contribution in [2.75, 3.05) is 6.26 Å². The fourth-order valence-corrected chi connectivity index (χ4v) is 3.82. The van der Waals surface area contributed by atoms with Crippen LogP contribution in [0.4, 0.5) is 0 Å². The third kappa shape index (κ3) is 4.87. The molecule has 0 aliphatic rings. The summed E-state index contributed by atoms with van der Waals surface area (Å²) >= 11 is 6.01. The maximum absolute atomic E-state index is 12.6. The summed E-state index contributed by atoms with van der Waals surface area (Å²) in [4.78, 5) is 17.0. The molecule has 0 saturated carbocycles. The van der Waals surface area contributed by atoms with Crippen LogP contribution in [-0.4, -0.2) is 30.1 Å². The molecule has 1 amide bonds. The fraction of sp³-hybridized carbons (Fsp3) is 0.263. The number of carbonyl (C=O) groups excluding carboxylic acids is 1. The molecule has 1 atom stereocenters. The molecule has 0 bridgehead atoms. The second kappa shape index (κ2) is 7.70. The minimum Gasteiger partial charge on any atom is -0.348 e. The molecule has 8 heteroatoms. The minimum absolute atomic E-state index is 0.0176. The number of carbonyl (C=O) groups is 1. The predicted molar refractivity (Wildman–Crippen MR) is 106 cm³/mol. The molecule has 0 aliphatic heterocycles. The summed E-state index contributed by atoms with van der Waals surface area (Å²) in [7, 11) is -3.28. The van der Waals surface area contributed by atoms with Gasteiger partial charge in [-0.05, 0) is 36.8 Å². The number of para-hydroxylation sites is 2. The highest BCUT2D eigenvalue weighted by atomic mass is 35.5. The number of halogens is 1. The lowest BCUT2D eigenvalue weighted by Crippen LogP contribution is -2.30. The lowest BCUT2D eigenvalue weighted by atomic mass is 10.1. The molecule has 3 rings (SSSR count). The summed E-state index contributed by atoms with van der Waals surface area (Å²) in [5, 5.41) is 3.52. The van der Waals surface area contributed by atoms with Gasteiger partial charge in [0.05, 0.1) is 17.1 Å². The first kappa shape index (κ1) is 19.4. The molecule has 142 valence electrons. The monoisotopic (exact) mass is 405 g/mol. The number of sulfone groups is 1. The number of aromatic nitrogens is 2. The molecular weight excluding hydrogens is 386 g/mol. The van der Waals surface area contributed by atoms with Crippen molar-refractivity contribution in [2.24, 2.45) is 0 Å². The standard InChI is InChI=1S/C19H20ClN3O3S/c1-13(14-6-5-7-15(20)10-14)21-19(24)11-23-17-9-4-3-8-16(17)22-18(23)12-27(2,25)26/h3-10,13H,11-12H2,1-2H3,(H,21,24). The Bertz CT molecular complexity index is 1090. The Balaban J connectivity index is 1.84. The molecule has 1 aromatic heterocycles. The van der Waals surface area contributed by atoms with E-state index in [-0.39, 0.29) is 24.2 Å². The van der Waals surface area contributed by atoms with Gasteiger partial charge in [-0.3, -0.25) is 4.79 Å². The van der Waals surface area contributed by atoms with E-state index in [4.69, 9.17) is 11.6 Å². The predicted octanol–water partition coefficient (Wildman–Crippen LogP) is 3.11. The molecule has 6 nitrogen and oxygen atoms in total. The van der Waals surface area contributed by atoms with Crippen molar-refractivity contribution in [2.45, 2.75) is 25.3 Å². The van der Waals surface area contributed by atoms with Crippen molar-refractivity contribution < 1.29 is 13.2 Å². The number of benzene rings is 2. The highest BCUT2D eigenvalue weighted by Crippen LogP contribution is 2.19. The number of nitrogens with one attached hydrogen (secondary N) is 1. The topological polar surface area (TPSA) is 81.1 Å². The summed E-state index contributed by atoms with van der Waals surface area (Å²) in [6.07, 6.45) is 1.15. The van der Waals surface area contributed by atoms with Gasteiger partial charge in [0, 0.05) is 11.3 Å². The van der Waals surface area contributed by atoms with Gasteiger partial charge in [-0.15, -0.1) is 0 Å². The van der Waals surface area contributed by atoms with Crippen LogP contribution in [0.1, 0.15) is 24.4 Å². The zero-order valence-corrected chi connectivity index (χ0v) is 16.6. The van der Waals surface area contributed by atoms with Crippen LogP contribution in [0.15, 0.2) is 48.5 Å². The molecular formula is C19H20ClN3O3S. The van der Waals surface area contributed by atoms with Crippen LogP contribution in [-0.2, 0) is 26.9 Å². The van der Waals surface area contributed by atoms with Crippen LogP contribution in [0.3, 0.4) is 0 Å². The van der Waals surface area contributed by atoms with E-state index in [0.29, 0.717) is 16.4 Å². The van der Waals surface area contributed by atoms with Gasteiger partial charge in [0.15, 0.2) is 9.84 Å². The number of nitrogens with zero attached hydrogens (tertiary/aromatic N) is 2. The van der Waals surface area contributed by atoms with E-state index in [1.165, 1.54) is 0 Å². The van der Waals surface area contributed by atoms with E-state index in [2.05, 4.69) is 10.3 Å². The Morgan fingerprint density at radius 2 is 1.96 bits per heavy atom. The van der Waals surface area contributed by atoms with Gasteiger partial charge in [0.25, 0.3) is 0 Å². The average molecular weight is 406 g/mol. The summed E-state index contributed by atoms with van der Waals surface area (Å²) < 4.78 is 25.1. The Hall–Kier alpha value is -2.38. The summed E-state index contributed by atoms with van der Waals surface area (Å²) in [6, 6.07) is 14.3. The molecule has 0 radical (unpaired) electrons. The number of fused-ring (bicyclic) bond motifs is 1. The van der Waals surface area contributed by atoms with E-state index in [1.54, 1.807) is 22.8 Å². The first-order valence-electron chi connectivity index (χ1n) is 8.39. The Morgan fingerprint density at radius 1 is 1.22 bits per heavy atom. The normalized spacial score (nSPS) is 12.9. The van der Waals surface area contributed by atoms with Crippen molar-refractivity contribution in [1.29, 1.82) is 0 Å². The number of hydrogen-bond donors (Lipinski definition) is 1. The molecule has 1 N–H and O–H groups in total. The third-order valence-corrected chi connectivity index (χ3v) is 5.17. The van der Waals surface area contributed by atoms with Gasteiger partial charge >= 0.3 is 0 Å². The number of amides is 1.